The van der Waals surface area contributed by atoms with Crippen molar-refractivity contribution >= 4 is 24.1 Å². The summed E-state index contributed by atoms with van der Waals surface area (Å²) in [6, 6.07) is 12.3. The summed E-state index contributed by atoms with van der Waals surface area (Å²) in [5.74, 6) is 0. The van der Waals surface area contributed by atoms with Gasteiger partial charge in [-0.15, -0.1) is 0 Å². The molecule has 0 atom stereocenters. The third-order valence-electron chi connectivity index (χ3n) is 2.61. The van der Waals surface area contributed by atoms with E-state index in [2.05, 4.69) is 18.2 Å². The van der Waals surface area contributed by atoms with E-state index in [0.29, 0.717) is 0 Å². The van der Waals surface area contributed by atoms with E-state index in [9.17, 15) is 0 Å². The Balaban J connectivity index is 2.43. The predicted octanol–water partition coefficient (Wildman–Crippen LogP) is 1.56. The Hall–Kier alpha value is -1.28. The highest BCUT2D eigenvalue weighted by molar-refractivity contribution is 6.34. The summed E-state index contributed by atoms with van der Waals surface area (Å²) < 4.78 is 0. The minimum atomic E-state index is 0.215. The van der Waals surface area contributed by atoms with Gasteiger partial charge in [0.1, 0.15) is 7.85 Å². The molecule has 0 saturated carbocycles. The molecule has 2 aromatic rings. The highest BCUT2D eigenvalue weighted by Crippen LogP contribution is 2.14. The van der Waals surface area contributed by atoms with Gasteiger partial charge in [-0.2, -0.15) is 0 Å². The summed E-state index contributed by atoms with van der Waals surface area (Å²) in [7, 11) is 5.95. The first kappa shape index (κ1) is 10.2. The number of rotatable bonds is 3. The second-order valence-electron chi connectivity index (χ2n) is 3.73. The summed E-state index contributed by atoms with van der Waals surface area (Å²) in [5.41, 5.74) is 1.95. The number of fused-ring (bicyclic) bond motifs is 1. The van der Waals surface area contributed by atoms with Crippen LogP contribution in [0, 0.1) is 0 Å². The molecule has 2 heteroatoms. The van der Waals surface area contributed by atoms with E-state index in [4.69, 9.17) is 13.0 Å². The molecule has 0 fully saturated rings. The summed E-state index contributed by atoms with van der Waals surface area (Å²) >= 11 is 0. The van der Waals surface area contributed by atoms with Gasteiger partial charge in [-0.05, 0) is 23.6 Å². The van der Waals surface area contributed by atoms with Crippen LogP contribution in [0.2, 0.25) is 0 Å². The minimum Gasteiger partial charge on any atom is -0.396 e. The Kier molecular flexibility index (Phi) is 3.07. The number of hydrogen-bond donors (Lipinski definition) is 1. The summed E-state index contributed by atoms with van der Waals surface area (Å²) in [5, 5.41) is 11.2. The van der Waals surface area contributed by atoms with Crippen LogP contribution in [0.15, 0.2) is 36.4 Å². The van der Waals surface area contributed by atoms with Gasteiger partial charge < -0.3 is 5.11 Å². The number of hydrogen-bond acceptors (Lipinski definition) is 1. The van der Waals surface area contributed by atoms with Crippen LogP contribution in [-0.2, 0) is 6.42 Å². The largest absolute Gasteiger partial charge is 0.396 e. The maximum absolute atomic E-state index is 8.79. The molecule has 2 rings (SSSR count). The van der Waals surface area contributed by atoms with Gasteiger partial charge in [0.05, 0.1) is 0 Å². The lowest BCUT2D eigenvalue weighted by atomic mass is 9.86. The zero-order chi connectivity index (χ0) is 10.7. The molecular formula is C13H13BO. The van der Waals surface area contributed by atoms with Crippen LogP contribution in [0.3, 0.4) is 0 Å². The van der Waals surface area contributed by atoms with E-state index < -0.39 is 0 Å². The molecule has 0 bridgehead atoms. The van der Waals surface area contributed by atoms with Gasteiger partial charge in [0.25, 0.3) is 0 Å². The number of aliphatic hydroxyl groups is 1. The van der Waals surface area contributed by atoms with Crippen molar-refractivity contribution in [2.45, 2.75) is 12.8 Å². The van der Waals surface area contributed by atoms with Crippen LogP contribution in [0.5, 0.6) is 0 Å². The minimum absolute atomic E-state index is 0.215. The molecule has 0 amide bonds. The first-order chi connectivity index (χ1) is 7.31. The molecule has 74 valence electrons. The maximum Gasteiger partial charge on any atom is 0.114 e. The molecule has 15 heavy (non-hydrogen) atoms. The highest BCUT2D eigenvalue weighted by atomic mass is 16.2. The molecule has 0 unspecified atom stereocenters. The van der Waals surface area contributed by atoms with Crippen molar-refractivity contribution in [3.05, 3.63) is 42.0 Å². The van der Waals surface area contributed by atoms with Gasteiger partial charge in [0.15, 0.2) is 0 Å². The average molecular weight is 196 g/mol. The third kappa shape index (κ3) is 2.21. The van der Waals surface area contributed by atoms with Gasteiger partial charge in [0.2, 0.25) is 0 Å². The molecule has 1 N–H and O–H groups in total. The average Bonchev–Trinajstić information content (AvgIpc) is 2.26. The Morgan fingerprint density at radius 1 is 1.07 bits per heavy atom. The molecule has 0 saturated heterocycles. The van der Waals surface area contributed by atoms with Gasteiger partial charge >= 0.3 is 0 Å². The zero-order valence-corrected chi connectivity index (χ0v) is 8.61. The summed E-state index contributed by atoms with van der Waals surface area (Å²) in [4.78, 5) is 0. The van der Waals surface area contributed by atoms with E-state index in [1.807, 2.05) is 18.2 Å². The van der Waals surface area contributed by atoms with Crippen molar-refractivity contribution in [3.8, 4) is 0 Å². The first-order valence-corrected chi connectivity index (χ1v) is 5.19. The van der Waals surface area contributed by atoms with Crippen molar-refractivity contribution in [2.75, 3.05) is 6.61 Å². The van der Waals surface area contributed by atoms with E-state index in [1.54, 1.807) is 0 Å². The molecule has 0 aromatic heterocycles. The van der Waals surface area contributed by atoms with E-state index in [1.165, 1.54) is 10.8 Å². The molecular weight excluding hydrogens is 183 g/mol. The second-order valence-corrected chi connectivity index (χ2v) is 3.73. The van der Waals surface area contributed by atoms with Crippen molar-refractivity contribution in [1.29, 1.82) is 0 Å². The number of benzene rings is 2. The van der Waals surface area contributed by atoms with Crippen LogP contribution in [0.1, 0.15) is 12.0 Å². The van der Waals surface area contributed by atoms with Crippen molar-refractivity contribution in [1.82, 2.24) is 0 Å². The molecule has 0 aliphatic rings. The van der Waals surface area contributed by atoms with Crippen LogP contribution in [0.25, 0.3) is 10.8 Å². The molecule has 0 heterocycles. The maximum atomic E-state index is 8.79. The van der Waals surface area contributed by atoms with Gasteiger partial charge in [-0.1, -0.05) is 47.4 Å². The normalized spacial score (nSPS) is 10.7. The van der Waals surface area contributed by atoms with E-state index in [0.717, 1.165) is 23.9 Å². The predicted molar refractivity (Wildman–Crippen MR) is 64.7 cm³/mol. The Bertz CT molecular complexity index is 465. The number of aliphatic hydroxyl groups excluding tert-OH is 1. The Labute approximate surface area is 91.2 Å². The summed E-state index contributed by atoms with van der Waals surface area (Å²) in [6.45, 7) is 0.215. The lowest BCUT2D eigenvalue weighted by Gasteiger charge is -2.07. The van der Waals surface area contributed by atoms with Crippen molar-refractivity contribution < 1.29 is 5.11 Å². The molecule has 2 aromatic carbocycles. The molecule has 1 nitrogen and oxygen atoms in total. The quantitative estimate of drug-likeness (QED) is 0.738. The van der Waals surface area contributed by atoms with Crippen LogP contribution >= 0.6 is 0 Å². The topological polar surface area (TPSA) is 20.2 Å². The third-order valence-corrected chi connectivity index (χ3v) is 2.61. The Morgan fingerprint density at radius 3 is 2.40 bits per heavy atom. The van der Waals surface area contributed by atoms with Crippen molar-refractivity contribution in [2.24, 2.45) is 0 Å². The molecule has 0 aliphatic carbocycles. The molecule has 0 spiro atoms. The zero-order valence-electron chi connectivity index (χ0n) is 8.61. The monoisotopic (exact) mass is 196 g/mol. The second kappa shape index (κ2) is 4.50. The first-order valence-electron chi connectivity index (χ1n) is 5.19. The fourth-order valence-electron chi connectivity index (χ4n) is 1.79. The van der Waals surface area contributed by atoms with Gasteiger partial charge in [0, 0.05) is 6.61 Å². The SMILES string of the molecule is [B]c1cc2ccccc2cc1CCCO. The summed E-state index contributed by atoms with van der Waals surface area (Å²) in [6.07, 6.45) is 1.61. The lowest BCUT2D eigenvalue weighted by Crippen LogP contribution is -2.10. The van der Waals surface area contributed by atoms with Crippen molar-refractivity contribution in [3.63, 3.8) is 0 Å². The fourth-order valence-corrected chi connectivity index (χ4v) is 1.79. The Morgan fingerprint density at radius 2 is 1.73 bits per heavy atom. The van der Waals surface area contributed by atoms with Crippen LogP contribution < -0.4 is 5.46 Å². The van der Waals surface area contributed by atoms with Gasteiger partial charge in [-0.25, -0.2) is 0 Å². The molecule has 2 radical (unpaired) electrons. The fraction of sp³-hybridized carbons (Fsp3) is 0.231. The smallest absolute Gasteiger partial charge is 0.114 e. The van der Waals surface area contributed by atoms with E-state index in [-0.39, 0.29) is 6.61 Å². The highest BCUT2D eigenvalue weighted by Gasteiger charge is 2.00. The van der Waals surface area contributed by atoms with E-state index >= 15 is 0 Å². The standard InChI is InChI=1S/C13H13BO/c14-13-9-11-5-2-1-4-10(11)8-12(13)6-3-7-15/h1-2,4-5,8-9,15H,3,6-7H2. The van der Waals surface area contributed by atoms with Crippen LogP contribution in [-0.4, -0.2) is 19.6 Å². The van der Waals surface area contributed by atoms with Crippen LogP contribution in [0.4, 0.5) is 0 Å². The number of aryl methyl sites for hydroxylation is 1. The van der Waals surface area contributed by atoms with Gasteiger partial charge in [-0.3, -0.25) is 0 Å². The lowest BCUT2D eigenvalue weighted by molar-refractivity contribution is 0.288. The molecule has 0 aliphatic heterocycles.